The monoisotopic (exact) mass is 143 g/mol. The molecular weight excluding hydrogens is 142 g/mol. The Balaban J connectivity index is 2.93. The molecule has 0 bridgehead atoms. The van der Waals surface area contributed by atoms with E-state index in [1.54, 1.807) is 0 Å². The van der Waals surface area contributed by atoms with E-state index < -0.39 is 0 Å². The Morgan fingerprint density at radius 3 is 2.89 bits per heavy atom. The van der Waals surface area contributed by atoms with E-state index in [0.717, 1.165) is 0 Å². The molecule has 9 heavy (non-hydrogen) atoms. The van der Waals surface area contributed by atoms with E-state index in [1.165, 1.54) is 12.1 Å². The first-order valence-corrected chi connectivity index (χ1v) is 2.54. The molecule has 1 heterocycles. The highest BCUT2D eigenvalue weighted by Crippen LogP contribution is 2.11. The van der Waals surface area contributed by atoms with Gasteiger partial charge in [-0.2, -0.15) is 0 Å². The van der Waals surface area contributed by atoms with E-state index in [-0.39, 0.29) is 11.0 Å². The average molecular weight is 144 g/mol. The molecule has 0 aliphatic rings. The molecule has 0 atom stereocenters. The second kappa shape index (κ2) is 2.42. The molecule has 1 aromatic heterocycles. The van der Waals surface area contributed by atoms with Gasteiger partial charge in [-0.3, -0.25) is 0 Å². The summed E-state index contributed by atoms with van der Waals surface area (Å²) in [6.07, 6.45) is 0. The zero-order valence-corrected chi connectivity index (χ0v) is 5.05. The molecule has 1 aromatic rings. The summed E-state index contributed by atoms with van der Waals surface area (Å²) in [7, 11) is 0. The Hall–Kier alpha value is -1.14. The highest BCUT2D eigenvalue weighted by molar-refractivity contribution is 6.28. The van der Waals surface area contributed by atoms with Crippen molar-refractivity contribution in [3.8, 4) is 6.07 Å². The fourth-order valence-electron chi connectivity index (χ4n) is 0.419. The van der Waals surface area contributed by atoms with E-state index >= 15 is 0 Å². The molecule has 46 valence electrons. The summed E-state index contributed by atoms with van der Waals surface area (Å²) in [6, 6.07) is 5.06. The van der Waals surface area contributed by atoms with Gasteiger partial charge in [0.25, 0.3) is 5.76 Å². The third kappa shape index (κ3) is 1.37. The molecular formula is C5H2ClNO2. The van der Waals surface area contributed by atoms with E-state index in [1.807, 2.05) is 6.07 Å². The predicted molar refractivity (Wildman–Crippen MR) is 33.4 cm³/mol. The zero-order chi connectivity index (χ0) is 6.69. The van der Waals surface area contributed by atoms with Crippen LogP contribution >= 0.6 is 11.6 Å². The van der Waals surface area contributed by atoms with Crippen LogP contribution in [-0.4, -0.2) is 0 Å². The fourth-order valence-corrected chi connectivity index (χ4v) is 0.565. The molecule has 0 aliphatic heterocycles. The van der Waals surface area contributed by atoms with Gasteiger partial charge >= 0.3 is 6.07 Å². The zero-order valence-electron chi connectivity index (χ0n) is 4.30. The van der Waals surface area contributed by atoms with Gasteiger partial charge in [-0.05, 0) is 17.7 Å². The van der Waals surface area contributed by atoms with Gasteiger partial charge in [0.05, 0.1) is 0 Å². The van der Waals surface area contributed by atoms with Gasteiger partial charge in [0, 0.05) is 11.1 Å². The summed E-state index contributed by atoms with van der Waals surface area (Å²) in [5, 5.41) is 12.1. The highest BCUT2D eigenvalue weighted by Gasteiger charge is 1.98. The quantitative estimate of drug-likeness (QED) is 0.522. The van der Waals surface area contributed by atoms with Crippen LogP contribution in [0.5, 0.6) is 0 Å². The van der Waals surface area contributed by atoms with Crippen LogP contribution in [0.15, 0.2) is 16.5 Å². The van der Waals surface area contributed by atoms with E-state index in [0.29, 0.717) is 0 Å². The molecule has 0 saturated heterocycles. The van der Waals surface area contributed by atoms with Crippen molar-refractivity contribution in [2.75, 3.05) is 0 Å². The van der Waals surface area contributed by atoms with Crippen LogP contribution in [0.2, 0.25) is 5.22 Å². The molecule has 0 amide bonds. The van der Waals surface area contributed by atoms with Gasteiger partial charge in [0.1, 0.15) is 0 Å². The smallest absolute Gasteiger partial charge is 0.375 e. The summed E-state index contributed by atoms with van der Waals surface area (Å²) >= 11 is 5.35. The first kappa shape index (κ1) is 5.99. The Labute approximate surface area is 56.2 Å². The maximum Gasteiger partial charge on any atom is 0.375 e. The maximum atomic E-state index is 9.52. The van der Waals surface area contributed by atoms with Crippen molar-refractivity contribution in [2.24, 2.45) is 0 Å². The second-order valence-corrected chi connectivity index (χ2v) is 1.68. The number of hydrogen-bond acceptors (Lipinski definition) is 2. The summed E-state index contributed by atoms with van der Waals surface area (Å²) in [6.45, 7) is 0. The predicted octanol–water partition coefficient (Wildman–Crippen LogP) is 2.11. The Morgan fingerprint density at radius 2 is 2.44 bits per heavy atom. The van der Waals surface area contributed by atoms with Crippen LogP contribution in [0.25, 0.3) is 5.01 Å². The van der Waals surface area contributed by atoms with Gasteiger partial charge in [0.2, 0.25) is 0 Å². The minimum atomic E-state index is 0.223. The second-order valence-electron chi connectivity index (χ2n) is 1.31. The molecule has 1 rings (SSSR count). The van der Waals surface area contributed by atoms with Crippen molar-refractivity contribution in [3.05, 3.63) is 33.3 Å². The van der Waals surface area contributed by atoms with Crippen molar-refractivity contribution in [2.45, 2.75) is 0 Å². The van der Waals surface area contributed by atoms with E-state index in [2.05, 4.69) is 9.43 Å². The van der Waals surface area contributed by atoms with Crippen molar-refractivity contribution in [1.82, 2.24) is 0 Å². The van der Waals surface area contributed by atoms with Crippen molar-refractivity contribution < 1.29 is 4.42 Å². The molecule has 0 N–H and O–H groups in total. The molecule has 0 fully saturated rings. The summed E-state index contributed by atoms with van der Waals surface area (Å²) in [5.74, 6) is 0.245. The first-order chi connectivity index (χ1) is 4.33. The number of halogens is 1. The first-order valence-electron chi connectivity index (χ1n) is 2.16. The van der Waals surface area contributed by atoms with E-state index in [9.17, 15) is 5.21 Å². The maximum absolute atomic E-state index is 9.52. The van der Waals surface area contributed by atoms with Gasteiger partial charge < -0.3 is 9.62 Å². The topological polar surface area (TPSA) is 40.6 Å². The molecule has 0 spiro atoms. The van der Waals surface area contributed by atoms with Crippen LogP contribution in [0, 0.1) is 11.3 Å². The van der Waals surface area contributed by atoms with Crippen molar-refractivity contribution in [3.63, 3.8) is 0 Å². The third-order valence-electron chi connectivity index (χ3n) is 0.729. The normalized spacial score (nSPS) is 8.11. The van der Waals surface area contributed by atoms with Crippen LogP contribution in [0.3, 0.4) is 0 Å². The van der Waals surface area contributed by atoms with Crippen LogP contribution in [0.1, 0.15) is 5.76 Å². The molecule has 3 nitrogen and oxygen atoms in total. The van der Waals surface area contributed by atoms with E-state index in [4.69, 9.17) is 11.6 Å². The lowest BCUT2D eigenvalue weighted by Crippen LogP contribution is -1.57. The van der Waals surface area contributed by atoms with Gasteiger partial charge in [-0.15, -0.1) is 0 Å². The Kier molecular flexibility index (Phi) is 1.61. The Morgan fingerprint density at radius 1 is 1.67 bits per heavy atom. The van der Waals surface area contributed by atoms with Crippen LogP contribution < -0.4 is 0 Å². The average Bonchev–Trinajstić information content (AvgIpc) is 2.17. The third-order valence-corrected chi connectivity index (χ3v) is 0.932. The number of rotatable bonds is 0. The van der Waals surface area contributed by atoms with Crippen molar-refractivity contribution >= 4 is 11.6 Å². The largest absolute Gasteiger partial charge is 0.498 e. The highest BCUT2D eigenvalue weighted by atomic mass is 35.5. The van der Waals surface area contributed by atoms with Gasteiger partial charge in [0.15, 0.2) is 5.22 Å². The van der Waals surface area contributed by atoms with Gasteiger partial charge in [-0.25, -0.2) is 0 Å². The number of furan rings is 1. The van der Waals surface area contributed by atoms with Crippen LogP contribution in [-0.2, 0) is 0 Å². The molecule has 0 saturated carbocycles. The standard InChI is InChI=1S/C5H2ClNO2/c6-5-2-1-4(9-5)3-7-8/h1-2H. The molecule has 0 aromatic carbocycles. The molecule has 0 radical (unpaired) electrons. The summed E-state index contributed by atoms with van der Waals surface area (Å²) < 4.78 is 4.68. The van der Waals surface area contributed by atoms with Crippen molar-refractivity contribution in [1.29, 1.82) is 0 Å². The minimum Gasteiger partial charge on any atom is -0.498 e. The lowest BCUT2D eigenvalue weighted by Gasteiger charge is -1.69. The lowest BCUT2D eigenvalue weighted by molar-refractivity contribution is 0.556. The summed E-state index contributed by atoms with van der Waals surface area (Å²) in [5.41, 5.74) is 0. The fraction of sp³-hybridized carbons (Fsp3) is 0. The Bertz CT molecular complexity index is 257. The molecule has 0 unspecified atom stereocenters. The lowest BCUT2D eigenvalue weighted by atomic mass is 10.5. The number of hydrogen-bond donors (Lipinski definition) is 0. The SMILES string of the molecule is [O-][N+]#Cc1ccc(Cl)o1. The summed E-state index contributed by atoms with van der Waals surface area (Å²) in [4.78, 5) is 0. The van der Waals surface area contributed by atoms with Crippen LogP contribution in [0.4, 0.5) is 0 Å². The minimum absolute atomic E-state index is 0.223. The number of nitrogens with zero attached hydrogens (tertiary/aromatic N) is 1. The van der Waals surface area contributed by atoms with Gasteiger partial charge in [-0.1, -0.05) is 0 Å². The molecule has 4 heteroatoms. The molecule has 0 aliphatic carbocycles.